The van der Waals surface area contributed by atoms with Crippen molar-refractivity contribution in [1.29, 1.82) is 0 Å². The fourth-order valence-corrected chi connectivity index (χ4v) is 1.11. The van der Waals surface area contributed by atoms with Crippen molar-refractivity contribution >= 4 is 21.6 Å². The highest BCUT2D eigenvalue weighted by Gasteiger charge is 2.01. The van der Waals surface area contributed by atoms with E-state index in [-0.39, 0.29) is 5.82 Å². The van der Waals surface area contributed by atoms with E-state index in [1.165, 1.54) is 6.07 Å². The third-order valence-corrected chi connectivity index (χ3v) is 1.81. The standard InChI is InChI=1S/C7H7BrFN.C2H6/c1-4-6(9)2-5(8)3-7(4)10;1-2/h2-3H,10H2,1H3;1-2H3. The molecule has 1 aromatic carbocycles. The SMILES string of the molecule is CC.Cc1c(N)cc(Br)cc1F. The quantitative estimate of drug-likeness (QED) is 0.683. The molecule has 0 aromatic heterocycles. The van der Waals surface area contributed by atoms with Gasteiger partial charge in [0.1, 0.15) is 5.82 Å². The van der Waals surface area contributed by atoms with Gasteiger partial charge in [-0.25, -0.2) is 4.39 Å². The zero-order valence-electron chi connectivity index (χ0n) is 7.49. The van der Waals surface area contributed by atoms with Gasteiger partial charge >= 0.3 is 0 Å². The molecule has 0 saturated carbocycles. The van der Waals surface area contributed by atoms with Crippen molar-refractivity contribution in [3.8, 4) is 0 Å². The van der Waals surface area contributed by atoms with Crippen LogP contribution in [0.25, 0.3) is 0 Å². The lowest BCUT2D eigenvalue weighted by atomic mass is 10.2. The molecule has 1 aromatic rings. The van der Waals surface area contributed by atoms with Crippen molar-refractivity contribution in [3.05, 3.63) is 28.0 Å². The average Bonchev–Trinajstić information content (AvgIpc) is 2.04. The molecule has 0 saturated heterocycles. The molecule has 0 fully saturated rings. The zero-order valence-corrected chi connectivity index (χ0v) is 9.07. The Morgan fingerprint density at radius 1 is 1.33 bits per heavy atom. The van der Waals surface area contributed by atoms with E-state index in [1.807, 2.05) is 13.8 Å². The summed E-state index contributed by atoms with van der Waals surface area (Å²) in [6, 6.07) is 3.07. The minimum atomic E-state index is -0.271. The summed E-state index contributed by atoms with van der Waals surface area (Å²) < 4.78 is 13.4. The fourth-order valence-electron chi connectivity index (χ4n) is 0.666. The Hall–Kier alpha value is -0.570. The molecule has 0 amide bonds. The van der Waals surface area contributed by atoms with E-state index in [0.717, 1.165) is 0 Å². The van der Waals surface area contributed by atoms with Crippen molar-refractivity contribution in [1.82, 2.24) is 0 Å². The largest absolute Gasteiger partial charge is 0.398 e. The predicted octanol–water partition coefficient (Wildman–Crippen LogP) is 3.51. The van der Waals surface area contributed by atoms with E-state index in [9.17, 15) is 4.39 Å². The number of halogens is 2. The summed E-state index contributed by atoms with van der Waals surface area (Å²) in [4.78, 5) is 0. The molecule has 0 spiro atoms. The molecule has 1 nitrogen and oxygen atoms in total. The molecule has 1 rings (SSSR count). The van der Waals surface area contributed by atoms with Gasteiger partial charge in [0.15, 0.2) is 0 Å². The van der Waals surface area contributed by atoms with Crippen LogP contribution in [0.3, 0.4) is 0 Å². The molecular weight excluding hydrogens is 221 g/mol. The minimum Gasteiger partial charge on any atom is -0.398 e. The van der Waals surface area contributed by atoms with Crippen molar-refractivity contribution in [2.75, 3.05) is 5.73 Å². The summed E-state index contributed by atoms with van der Waals surface area (Å²) in [5, 5.41) is 0. The Morgan fingerprint density at radius 2 is 1.83 bits per heavy atom. The maximum Gasteiger partial charge on any atom is 0.129 e. The van der Waals surface area contributed by atoms with E-state index in [1.54, 1.807) is 13.0 Å². The van der Waals surface area contributed by atoms with Crippen LogP contribution < -0.4 is 5.73 Å². The Kier molecular flexibility index (Phi) is 4.90. The van der Waals surface area contributed by atoms with Crippen LogP contribution in [0, 0.1) is 12.7 Å². The summed E-state index contributed by atoms with van der Waals surface area (Å²) in [5.74, 6) is -0.271. The van der Waals surface area contributed by atoms with Crippen LogP contribution in [0.1, 0.15) is 19.4 Å². The maximum absolute atomic E-state index is 12.7. The van der Waals surface area contributed by atoms with E-state index in [2.05, 4.69) is 15.9 Å². The Morgan fingerprint density at radius 3 is 2.25 bits per heavy atom. The summed E-state index contributed by atoms with van der Waals surface area (Å²) in [6.45, 7) is 5.65. The molecule has 0 aliphatic carbocycles. The van der Waals surface area contributed by atoms with Crippen LogP contribution >= 0.6 is 15.9 Å². The number of hydrogen-bond acceptors (Lipinski definition) is 1. The lowest BCUT2D eigenvalue weighted by Crippen LogP contribution is -1.92. The average molecular weight is 234 g/mol. The topological polar surface area (TPSA) is 26.0 Å². The third-order valence-electron chi connectivity index (χ3n) is 1.35. The van der Waals surface area contributed by atoms with Crippen molar-refractivity contribution in [3.63, 3.8) is 0 Å². The molecule has 0 aliphatic rings. The number of nitrogen functional groups attached to an aromatic ring is 1. The van der Waals surface area contributed by atoms with Crippen molar-refractivity contribution < 1.29 is 4.39 Å². The molecular formula is C9H13BrFN. The van der Waals surface area contributed by atoms with Gasteiger partial charge in [-0.05, 0) is 19.1 Å². The Labute approximate surface area is 80.9 Å². The second-order valence-corrected chi connectivity index (χ2v) is 3.02. The number of anilines is 1. The Bertz CT molecular complexity index is 238. The van der Waals surface area contributed by atoms with Gasteiger partial charge in [0.25, 0.3) is 0 Å². The minimum absolute atomic E-state index is 0.271. The molecule has 3 heteroatoms. The summed E-state index contributed by atoms with van der Waals surface area (Å²) in [5.41, 5.74) is 6.43. The third kappa shape index (κ3) is 2.81. The number of hydrogen-bond donors (Lipinski definition) is 1. The van der Waals surface area contributed by atoms with Gasteiger partial charge in [-0.15, -0.1) is 0 Å². The molecule has 0 atom stereocenters. The van der Waals surface area contributed by atoms with Crippen LogP contribution in [0.5, 0.6) is 0 Å². The smallest absolute Gasteiger partial charge is 0.129 e. The molecule has 0 bridgehead atoms. The monoisotopic (exact) mass is 233 g/mol. The van der Waals surface area contributed by atoms with Gasteiger partial charge < -0.3 is 5.73 Å². The van der Waals surface area contributed by atoms with E-state index in [4.69, 9.17) is 5.73 Å². The molecule has 0 heterocycles. The normalized spacial score (nSPS) is 8.75. The van der Waals surface area contributed by atoms with E-state index < -0.39 is 0 Å². The van der Waals surface area contributed by atoms with Gasteiger partial charge in [0.05, 0.1) is 0 Å². The first-order valence-electron chi connectivity index (χ1n) is 3.82. The number of benzene rings is 1. The maximum atomic E-state index is 12.7. The molecule has 0 aliphatic heterocycles. The van der Waals surface area contributed by atoms with Crippen LogP contribution in [-0.2, 0) is 0 Å². The van der Waals surface area contributed by atoms with Gasteiger partial charge in [-0.2, -0.15) is 0 Å². The highest BCUT2D eigenvalue weighted by atomic mass is 79.9. The molecule has 12 heavy (non-hydrogen) atoms. The van der Waals surface area contributed by atoms with E-state index in [0.29, 0.717) is 15.7 Å². The van der Waals surface area contributed by atoms with Crippen LogP contribution in [0.2, 0.25) is 0 Å². The Balaban J connectivity index is 0.000000561. The van der Waals surface area contributed by atoms with Crippen LogP contribution in [0.15, 0.2) is 16.6 Å². The summed E-state index contributed by atoms with van der Waals surface area (Å²) in [6.07, 6.45) is 0. The van der Waals surface area contributed by atoms with Crippen LogP contribution in [0.4, 0.5) is 10.1 Å². The first-order valence-corrected chi connectivity index (χ1v) is 4.61. The highest BCUT2D eigenvalue weighted by molar-refractivity contribution is 9.10. The van der Waals surface area contributed by atoms with Gasteiger partial charge in [-0.1, -0.05) is 29.8 Å². The van der Waals surface area contributed by atoms with Crippen LogP contribution in [-0.4, -0.2) is 0 Å². The second-order valence-electron chi connectivity index (χ2n) is 2.10. The molecule has 2 N–H and O–H groups in total. The van der Waals surface area contributed by atoms with Gasteiger partial charge in [0, 0.05) is 15.7 Å². The van der Waals surface area contributed by atoms with Crippen molar-refractivity contribution in [2.45, 2.75) is 20.8 Å². The molecule has 0 radical (unpaired) electrons. The van der Waals surface area contributed by atoms with E-state index >= 15 is 0 Å². The lowest BCUT2D eigenvalue weighted by molar-refractivity contribution is 0.618. The number of rotatable bonds is 0. The predicted molar refractivity (Wildman–Crippen MR) is 54.6 cm³/mol. The highest BCUT2D eigenvalue weighted by Crippen LogP contribution is 2.20. The second kappa shape index (κ2) is 5.14. The molecule has 0 unspecified atom stereocenters. The zero-order chi connectivity index (χ0) is 9.72. The first kappa shape index (κ1) is 11.4. The molecule has 68 valence electrons. The lowest BCUT2D eigenvalue weighted by Gasteiger charge is -2.00. The fraction of sp³-hybridized carbons (Fsp3) is 0.333. The van der Waals surface area contributed by atoms with Gasteiger partial charge in [-0.3, -0.25) is 0 Å². The number of nitrogens with two attached hydrogens (primary N) is 1. The van der Waals surface area contributed by atoms with Gasteiger partial charge in [0.2, 0.25) is 0 Å². The van der Waals surface area contributed by atoms with Crippen molar-refractivity contribution in [2.24, 2.45) is 0 Å². The summed E-state index contributed by atoms with van der Waals surface area (Å²) >= 11 is 3.13. The first-order chi connectivity index (χ1) is 5.61. The summed E-state index contributed by atoms with van der Waals surface area (Å²) in [7, 11) is 0.